The molecule has 1 aliphatic carbocycles. The van der Waals surface area contributed by atoms with Gasteiger partial charge >= 0.3 is 6.18 Å². The average Bonchev–Trinajstić information content (AvgIpc) is 2.14. The fraction of sp³-hybridized carbons (Fsp3) is 0.333. The summed E-state index contributed by atoms with van der Waals surface area (Å²) < 4.78 is 49.2. The third kappa shape index (κ3) is 2.44. The first-order valence-electron chi connectivity index (χ1n) is 3.72. The third-order valence-electron chi connectivity index (χ3n) is 1.77. The highest BCUT2D eigenvalue weighted by Gasteiger charge is 2.31. The van der Waals surface area contributed by atoms with Crippen molar-refractivity contribution in [3.63, 3.8) is 0 Å². The molecule has 0 saturated heterocycles. The molecule has 4 heteroatoms. The van der Waals surface area contributed by atoms with Crippen LogP contribution < -0.4 is 0 Å². The van der Waals surface area contributed by atoms with Gasteiger partial charge in [-0.3, -0.25) is 0 Å². The van der Waals surface area contributed by atoms with Crippen molar-refractivity contribution in [2.45, 2.75) is 19.5 Å². The van der Waals surface area contributed by atoms with Crippen molar-refractivity contribution in [2.75, 3.05) is 0 Å². The van der Waals surface area contributed by atoms with E-state index in [0.717, 1.165) is 18.2 Å². The third-order valence-corrected chi connectivity index (χ3v) is 1.77. The summed E-state index contributed by atoms with van der Waals surface area (Å²) in [7, 11) is 0. The summed E-state index contributed by atoms with van der Waals surface area (Å²) in [5.74, 6) is -0.518. The van der Waals surface area contributed by atoms with Gasteiger partial charge in [0.05, 0.1) is 5.57 Å². The predicted molar refractivity (Wildman–Crippen MR) is 41.7 cm³/mol. The molecule has 0 unspecified atom stereocenters. The number of hydrogen-bond acceptors (Lipinski definition) is 0. The lowest BCUT2D eigenvalue weighted by Gasteiger charge is -2.05. The molecule has 0 aromatic carbocycles. The first kappa shape index (κ1) is 10.0. The number of rotatable bonds is 0. The van der Waals surface area contributed by atoms with Gasteiger partial charge in [0.25, 0.3) is 0 Å². The maximum Gasteiger partial charge on any atom is 0.416 e. The number of hydrogen-bond donors (Lipinski definition) is 0. The molecule has 0 aromatic heterocycles. The lowest BCUT2D eigenvalue weighted by molar-refractivity contribution is -0.0883. The van der Waals surface area contributed by atoms with Crippen molar-refractivity contribution in [1.82, 2.24) is 0 Å². The highest BCUT2D eigenvalue weighted by molar-refractivity contribution is 5.35. The largest absolute Gasteiger partial charge is 0.416 e. The summed E-state index contributed by atoms with van der Waals surface area (Å²) in [5.41, 5.74) is -0.546. The van der Waals surface area contributed by atoms with Crippen LogP contribution in [0.1, 0.15) is 13.3 Å². The van der Waals surface area contributed by atoms with Crippen LogP contribution in [0.2, 0.25) is 0 Å². The molecule has 0 bridgehead atoms. The summed E-state index contributed by atoms with van der Waals surface area (Å²) in [5, 5.41) is 0. The molecule has 1 rings (SSSR count). The Morgan fingerprint density at radius 2 is 1.85 bits per heavy atom. The highest BCUT2D eigenvalue weighted by atomic mass is 19.4. The van der Waals surface area contributed by atoms with Crippen LogP contribution in [-0.4, -0.2) is 6.18 Å². The van der Waals surface area contributed by atoms with Gasteiger partial charge < -0.3 is 0 Å². The van der Waals surface area contributed by atoms with E-state index in [1.54, 1.807) is 0 Å². The minimum absolute atomic E-state index is 0.246. The van der Waals surface area contributed by atoms with Gasteiger partial charge in [-0.15, -0.1) is 0 Å². The Morgan fingerprint density at radius 1 is 1.23 bits per heavy atom. The average molecular weight is 192 g/mol. The molecule has 0 aliphatic heterocycles. The van der Waals surface area contributed by atoms with Crippen molar-refractivity contribution in [1.29, 1.82) is 0 Å². The Hall–Kier alpha value is -1.06. The van der Waals surface area contributed by atoms with Crippen molar-refractivity contribution in [3.05, 3.63) is 35.2 Å². The Morgan fingerprint density at radius 3 is 2.38 bits per heavy atom. The summed E-state index contributed by atoms with van der Waals surface area (Å²) >= 11 is 0. The zero-order valence-electron chi connectivity index (χ0n) is 6.95. The van der Waals surface area contributed by atoms with Gasteiger partial charge in [0, 0.05) is 6.42 Å². The fourth-order valence-electron chi connectivity index (χ4n) is 0.944. The Balaban J connectivity index is 2.93. The molecule has 0 aromatic rings. The van der Waals surface area contributed by atoms with Gasteiger partial charge in [-0.1, -0.05) is 12.2 Å². The maximum absolute atomic E-state index is 12.8. The van der Waals surface area contributed by atoms with E-state index in [2.05, 4.69) is 0 Å². The minimum Gasteiger partial charge on any atom is -0.211 e. The lowest BCUT2D eigenvalue weighted by Crippen LogP contribution is -2.09. The zero-order valence-corrected chi connectivity index (χ0v) is 6.95. The molecule has 0 radical (unpaired) electrons. The monoisotopic (exact) mass is 192 g/mol. The molecule has 13 heavy (non-hydrogen) atoms. The first-order chi connectivity index (χ1) is 5.91. The summed E-state index contributed by atoms with van der Waals surface area (Å²) in [4.78, 5) is 0. The van der Waals surface area contributed by atoms with Crippen LogP contribution in [0.5, 0.6) is 0 Å². The molecular weight excluding hydrogens is 184 g/mol. The van der Waals surface area contributed by atoms with Crippen molar-refractivity contribution >= 4 is 0 Å². The van der Waals surface area contributed by atoms with Gasteiger partial charge in [-0.25, -0.2) is 4.39 Å². The van der Waals surface area contributed by atoms with Crippen LogP contribution in [0.3, 0.4) is 0 Å². The summed E-state index contributed by atoms with van der Waals surface area (Å²) in [6.07, 6.45) is -1.79. The van der Waals surface area contributed by atoms with Crippen molar-refractivity contribution in [3.8, 4) is 0 Å². The highest BCUT2D eigenvalue weighted by Crippen LogP contribution is 2.30. The molecule has 0 heterocycles. The second kappa shape index (κ2) is 3.36. The lowest BCUT2D eigenvalue weighted by atomic mass is 10.2. The van der Waals surface area contributed by atoms with E-state index < -0.39 is 17.6 Å². The quantitative estimate of drug-likeness (QED) is 0.513. The molecule has 0 saturated carbocycles. The smallest absolute Gasteiger partial charge is 0.211 e. The summed E-state index contributed by atoms with van der Waals surface area (Å²) in [6.45, 7) is 1.44. The summed E-state index contributed by atoms with van der Waals surface area (Å²) in [6, 6.07) is 0. The van der Waals surface area contributed by atoms with E-state index in [4.69, 9.17) is 0 Å². The minimum atomic E-state index is -4.39. The predicted octanol–water partition coefficient (Wildman–Crippen LogP) is 3.68. The van der Waals surface area contributed by atoms with E-state index in [-0.39, 0.29) is 12.0 Å². The Kier molecular flexibility index (Phi) is 2.59. The number of halogens is 4. The molecule has 0 N–H and O–H groups in total. The van der Waals surface area contributed by atoms with Crippen LogP contribution in [-0.2, 0) is 0 Å². The standard InChI is InChI=1S/C9H8F4/c1-6-2-3-7(9(11,12)13)4-5-8(6)10/h2-4H,5H2,1H3. The van der Waals surface area contributed by atoms with Crippen molar-refractivity contribution in [2.24, 2.45) is 0 Å². The first-order valence-corrected chi connectivity index (χ1v) is 3.72. The van der Waals surface area contributed by atoms with Crippen molar-refractivity contribution < 1.29 is 17.6 Å². The molecule has 0 atom stereocenters. The molecule has 0 nitrogen and oxygen atoms in total. The van der Waals surface area contributed by atoms with Gasteiger partial charge in [-0.2, -0.15) is 13.2 Å². The van der Waals surface area contributed by atoms with Crippen LogP contribution in [0.4, 0.5) is 17.6 Å². The van der Waals surface area contributed by atoms with E-state index in [9.17, 15) is 17.6 Å². The maximum atomic E-state index is 12.8. The van der Waals surface area contributed by atoms with Gasteiger partial charge in [0.1, 0.15) is 5.83 Å². The second-order valence-electron chi connectivity index (χ2n) is 2.78. The molecule has 0 amide bonds. The molecule has 0 fully saturated rings. The van der Waals surface area contributed by atoms with E-state index in [1.165, 1.54) is 6.92 Å². The normalized spacial score (nSPS) is 18.7. The Bertz CT molecular complexity index is 291. The van der Waals surface area contributed by atoms with Gasteiger partial charge in [0.15, 0.2) is 0 Å². The fourth-order valence-corrected chi connectivity index (χ4v) is 0.944. The Labute approximate surface area is 73.2 Å². The zero-order chi connectivity index (χ0) is 10.1. The van der Waals surface area contributed by atoms with Crippen LogP contribution in [0, 0.1) is 0 Å². The van der Waals surface area contributed by atoms with Crippen LogP contribution >= 0.6 is 0 Å². The van der Waals surface area contributed by atoms with Crippen LogP contribution in [0.25, 0.3) is 0 Å². The van der Waals surface area contributed by atoms with Gasteiger partial charge in [-0.05, 0) is 18.6 Å². The van der Waals surface area contributed by atoms with E-state index >= 15 is 0 Å². The number of allylic oxidation sites excluding steroid dienone is 6. The second-order valence-corrected chi connectivity index (χ2v) is 2.78. The molecule has 0 spiro atoms. The number of alkyl halides is 3. The molecule has 1 aliphatic rings. The molecule has 72 valence electrons. The van der Waals surface area contributed by atoms with Gasteiger partial charge in [0.2, 0.25) is 0 Å². The molecular formula is C9H8F4. The van der Waals surface area contributed by atoms with E-state index in [1.807, 2.05) is 0 Å². The topological polar surface area (TPSA) is 0 Å². The SMILES string of the molecule is CC1=C(F)CC=C(C(F)(F)F)C=C1. The van der Waals surface area contributed by atoms with E-state index in [0.29, 0.717) is 0 Å². The van der Waals surface area contributed by atoms with Crippen LogP contribution in [0.15, 0.2) is 35.2 Å².